The van der Waals surface area contributed by atoms with E-state index in [1.165, 1.54) is 0 Å². The third-order valence-corrected chi connectivity index (χ3v) is 3.07. The molecule has 0 bridgehead atoms. The van der Waals surface area contributed by atoms with Crippen LogP contribution in [0.1, 0.15) is 15.9 Å². The van der Waals surface area contributed by atoms with Gasteiger partial charge in [-0.15, -0.1) is 0 Å². The van der Waals surface area contributed by atoms with Gasteiger partial charge in [-0.1, -0.05) is 30.3 Å². The van der Waals surface area contributed by atoms with Gasteiger partial charge in [0.1, 0.15) is 12.4 Å². The molecule has 1 atom stereocenters. The van der Waals surface area contributed by atoms with Gasteiger partial charge in [0.2, 0.25) is 0 Å². The number of amides is 1. The molecule has 0 heterocycles. The number of aliphatic hydroxyl groups is 2. The van der Waals surface area contributed by atoms with Crippen molar-refractivity contribution in [3.05, 3.63) is 65.7 Å². The molecule has 0 saturated heterocycles. The van der Waals surface area contributed by atoms with Gasteiger partial charge in [-0.25, -0.2) is 0 Å². The van der Waals surface area contributed by atoms with Gasteiger partial charge >= 0.3 is 0 Å². The van der Waals surface area contributed by atoms with Crippen molar-refractivity contribution < 1.29 is 19.7 Å². The van der Waals surface area contributed by atoms with Gasteiger partial charge in [-0.05, 0) is 29.8 Å². The Balaban J connectivity index is 1.86. The molecule has 1 amide bonds. The minimum Gasteiger partial charge on any atom is -0.489 e. The summed E-state index contributed by atoms with van der Waals surface area (Å²) >= 11 is 0. The monoisotopic (exact) mass is 301 g/mol. The number of hydrogen-bond donors (Lipinski definition) is 3. The van der Waals surface area contributed by atoms with Gasteiger partial charge in [0.05, 0.1) is 12.7 Å². The van der Waals surface area contributed by atoms with Crippen LogP contribution >= 0.6 is 0 Å². The standard InChI is InChI=1S/C17H19NO4/c19-11-15(20)10-18-17(21)14-6-8-16(9-7-14)22-12-13-4-2-1-3-5-13/h1-9,15,19-20H,10-12H2,(H,18,21). The highest BCUT2D eigenvalue weighted by Gasteiger charge is 2.08. The van der Waals surface area contributed by atoms with Gasteiger partial charge in [0.25, 0.3) is 5.91 Å². The van der Waals surface area contributed by atoms with E-state index < -0.39 is 6.10 Å². The lowest BCUT2D eigenvalue weighted by Crippen LogP contribution is -2.33. The van der Waals surface area contributed by atoms with E-state index in [2.05, 4.69) is 5.32 Å². The first-order valence-electron chi connectivity index (χ1n) is 7.03. The zero-order chi connectivity index (χ0) is 15.8. The second-order valence-corrected chi connectivity index (χ2v) is 4.85. The predicted octanol–water partition coefficient (Wildman–Crippen LogP) is 1.35. The first-order valence-corrected chi connectivity index (χ1v) is 7.03. The summed E-state index contributed by atoms with van der Waals surface area (Å²) in [6.07, 6.45) is -0.947. The smallest absolute Gasteiger partial charge is 0.251 e. The maximum atomic E-state index is 11.8. The van der Waals surface area contributed by atoms with E-state index in [9.17, 15) is 9.90 Å². The first-order chi connectivity index (χ1) is 10.7. The van der Waals surface area contributed by atoms with Crippen molar-refractivity contribution in [2.45, 2.75) is 12.7 Å². The van der Waals surface area contributed by atoms with Crippen LogP contribution in [0.3, 0.4) is 0 Å². The highest BCUT2D eigenvalue weighted by molar-refractivity contribution is 5.94. The third kappa shape index (κ3) is 4.87. The van der Waals surface area contributed by atoms with E-state index in [0.717, 1.165) is 5.56 Å². The number of aliphatic hydroxyl groups excluding tert-OH is 2. The fraction of sp³-hybridized carbons (Fsp3) is 0.235. The number of nitrogens with one attached hydrogen (secondary N) is 1. The molecular formula is C17H19NO4. The predicted molar refractivity (Wildman–Crippen MR) is 82.6 cm³/mol. The minimum atomic E-state index is -0.947. The van der Waals surface area contributed by atoms with Crippen molar-refractivity contribution in [2.24, 2.45) is 0 Å². The molecular weight excluding hydrogens is 282 g/mol. The summed E-state index contributed by atoms with van der Waals surface area (Å²) in [7, 11) is 0. The van der Waals surface area contributed by atoms with Crippen molar-refractivity contribution in [2.75, 3.05) is 13.2 Å². The summed E-state index contributed by atoms with van der Waals surface area (Å²) in [6.45, 7) is 0.100. The minimum absolute atomic E-state index is 0.0155. The average Bonchev–Trinajstić information content (AvgIpc) is 2.59. The van der Waals surface area contributed by atoms with E-state index in [0.29, 0.717) is 17.9 Å². The van der Waals surface area contributed by atoms with Crippen LogP contribution in [0.15, 0.2) is 54.6 Å². The second kappa shape index (κ2) is 8.17. The maximum absolute atomic E-state index is 11.8. The summed E-state index contributed by atoms with van der Waals surface area (Å²) in [5.41, 5.74) is 1.54. The van der Waals surface area contributed by atoms with E-state index in [1.54, 1.807) is 24.3 Å². The Bertz CT molecular complexity index is 583. The molecule has 22 heavy (non-hydrogen) atoms. The second-order valence-electron chi connectivity index (χ2n) is 4.85. The van der Waals surface area contributed by atoms with E-state index >= 15 is 0 Å². The zero-order valence-corrected chi connectivity index (χ0v) is 12.1. The summed E-state index contributed by atoms with van der Waals surface area (Å²) in [5, 5.41) is 20.4. The Morgan fingerprint density at radius 3 is 2.41 bits per heavy atom. The first kappa shape index (κ1) is 16.0. The molecule has 0 aliphatic heterocycles. The van der Waals surface area contributed by atoms with Crippen molar-refractivity contribution in [1.29, 1.82) is 0 Å². The molecule has 2 rings (SSSR count). The van der Waals surface area contributed by atoms with Crippen LogP contribution in [0, 0.1) is 0 Å². The van der Waals surface area contributed by atoms with Crippen LogP contribution in [0.2, 0.25) is 0 Å². The molecule has 5 nitrogen and oxygen atoms in total. The third-order valence-electron chi connectivity index (χ3n) is 3.07. The highest BCUT2D eigenvalue weighted by Crippen LogP contribution is 2.14. The molecule has 0 aliphatic carbocycles. The summed E-state index contributed by atoms with van der Waals surface area (Å²) in [4.78, 5) is 11.8. The molecule has 116 valence electrons. The van der Waals surface area contributed by atoms with Crippen molar-refractivity contribution in [3.63, 3.8) is 0 Å². The molecule has 0 aromatic heterocycles. The summed E-state index contributed by atoms with van der Waals surface area (Å²) < 4.78 is 5.64. The van der Waals surface area contributed by atoms with E-state index in [4.69, 9.17) is 9.84 Å². The number of ether oxygens (including phenoxy) is 1. The number of carbonyl (C=O) groups is 1. The van der Waals surface area contributed by atoms with Crippen LogP contribution < -0.4 is 10.1 Å². The Labute approximate surface area is 129 Å². The van der Waals surface area contributed by atoms with Gasteiger partial charge in [0.15, 0.2) is 0 Å². The fourth-order valence-electron chi connectivity index (χ4n) is 1.82. The largest absolute Gasteiger partial charge is 0.489 e. The number of hydrogen-bond acceptors (Lipinski definition) is 4. The van der Waals surface area contributed by atoms with Crippen molar-refractivity contribution in [3.8, 4) is 5.75 Å². The van der Waals surface area contributed by atoms with Crippen molar-refractivity contribution >= 4 is 5.91 Å². The van der Waals surface area contributed by atoms with Crippen LogP contribution in [-0.4, -0.2) is 35.4 Å². The van der Waals surface area contributed by atoms with Crippen LogP contribution in [0.5, 0.6) is 5.75 Å². The lowest BCUT2D eigenvalue weighted by molar-refractivity contribution is 0.0802. The van der Waals surface area contributed by atoms with Crippen LogP contribution in [-0.2, 0) is 6.61 Å². The highest BCUT2D eigenvalue weighted by atomic mass is 16.5. The normalized spacial score (nSPS) is 11.7. The number of carbonyl (C=O) groups excluding carboxylic acids is 1. The average molecular weight is 301 g/mol. The molecule has 0 saturated carbocycles. The molecule has 2 aromatic carbocycles. The zero-order valence-electron chi connectivity index (χ0n) is 12.1. The SMILES string of the molecule is O=C(NCC(O)CO)c1ccc(OCc2ccccc2)cc1. The molecule has 5 heteroatoms. The van der Waals surface area contributed by atoms with E-state index in [1.807, 2.05) is 30.3 Å². The van der Waals surface area contributed by atoms with E-state index in [-0.39, 0.29) is 19.1 Å². The molecule has 0 radical (unpaired) electrons. The molecule has 1 unspecified atom stereocenters. The van der Waals surface area contributed by atoms with Crippen LogP contribution in [0.25, 0.3) is 0 Å². The van der Waals surface area contributed by atoms with Gasteiger partial charge in [-0.3, -0.25) is 4.79 Å². The number of rotatable bonds is 7. The van der Waals surface area contributed by atoms with Crippen LogP contribution in [0.4, 0.5) is 0 Å². The van der Waals surface area contributed by atoms with Gasteiger partial charge in [-0.2, -0.15) is 0 Å². The lowest BCUT2D eigenvalue weighted by Gasteiger charge is -2.10. The Morgan fingerprint density at radius 1 is 1.09 bits per heavy atom. The molecule has 0 spiro atoms. The molecule has 3 N–H and O–H groups in total. The maximum Gasteiger partial charge on any atom is 0.251 e. The fourth-order valence-corrected chi connectivity index (χ4v) is 1.82. The topological polar surface area (TPSA) is 78.8 Å². The lowest BCUT2D eigenvalue weighted by atomic mass is 10.2. The summed E-state index contributed by atoms with van der Waals surface area (Å²) in [5.74, 6) is 0.373. The van der Waals surface area contributed by atoms with Gasteiger partial charge in [0, 0.05) is 12.1 Å². The Kier molecular flexibility index (Phi) is 5.94. The number of benzene rings is 2. The summed E-state index contributed by atoms with van der Waals surface area (Å²) in [6, 6.07) is 16.6. The molecule has 0 fully saturated rings. The molecule has 2 aromatic rings. The van der Waals surface area contributed by atoms with Gasteiger partial charge < -0.3 is 20.3 Å². The Morgan fingerprint density at radius 2 is 1.77 bits per heavy atom. The van der Waals surface area contributed by atoms with Crippen molar-refractivity contribution in [1.82, 2.24) is 5.32 Å². The quantitative estimate of drug-likeness (QED) is 0.721. The molecule has 0 aliphatic rings. The Hall–Kier alpha value is -2.37.